The highest BCUT2D eigenvalue weighted by Crippen LogP contribution is 2.21. The predicted octanol–water partition coefficient (Wildman–Crippen LogP) is 3.25. The molecular weight excluding hydrogens is 310 g/mol. The van der Waals surface area contributed by atoms with E-state index in [2.05, 4.69) is 5.32 Å². The van der Waals surface area contributed by atoms with Gasteiger partial charge >= 0.3 is 12.1 Å². The van der Waals surface area contributed by atoms with Crippen molar-refractivity contribution in [1.82, 2.24) is 5.32 Å². The van der Waals surface area contributed by atoms with Gasteiger partial charge in [0.2, 0.25) is 0 Å². The van der Waals surface area contributed by atoms with Crippen molar-refractivity contribution in [3.63, 3.8) is 0 Å². The largest absolute Gasteiger partial charge is 0.496 e. The van der Waals surface area contributed by atoms with Crippen LogP contribution in [0, 0.1) is 0 Å². The minimum atomic E-state index is -0.898. The van der Waals surface area contributed by atoms with E-state index < -0.39 is 17.7 Å². The molecule has 6 heteroatoms. The summed E-state index contributed by atoms with van der Waals surface area (Å²) in [6.45, 7) is 5.91. The van der Waals surface area contributed by atoms with Gasteiger partial charge in [-0.1, -0.05) is 24.3 Å². The average molecular weight is 335 g/mol. The lowest BCUT2D eigenvalue weighted by Gasteiger charge is -2.19. The Balaban J connectivity index is 2.50. The molecule has 132 valence electrons. The van der Waals surface area contributed by atoms with Crippen molar-refractivity contribution in [1.29, 1.82) is 0 Å². The normalized spacial score (nSPS) is 11.3. The van der Waals surface area contributed by atoms with Gasteiger partial charge in [0.15, 0.2) is 0 Å². The van der Waals surface area contributed by atoms with Gasteiger partial charge in [-0.05, 0) is 38.8 Å². The van der Waals surface area contributed by atoms with E-state index in [-0.39, 0.29) is 6.42 Å². The molecule has 0 aromatic heterocycles. The molecule has 1 aromatic rings. The number of hydrogen-bond acceptors (Lipinski definition) is 4. The van der Waals surface area contributed by atoms with E-state index in [4.69, 9.17) is 14.6 Å². The van der Waals surface area contributed by atoms with E-state index in [1.54, 1.807) is 12.1 Å². The smallest absolute Gasteiger partial charge is 0.407 e. The van der Waals surface area contributed by atoms with Gasteiger partial charge in [0.1, 0.15) is 11.4 Å². The number of carbonyl (C=O) groups excluding carboxylic acids is 1. The fourth-order valence-corrected chi connectivity index (χ4v) is 1.96. The number of carboxylic acids is 1. The second-order valence-corrected chi connectivity index (χ2v) is 6.26. The van der Waals surface area contributed by atoms with E-state index >= 15 is 0 Å². The Hall–Kier alpha value is -2.50. The maximum absolute atomic E-state index is 11.5. The molecule has 2 N–H and O–H groups in total. The molecule has 1 amide bonds. The molecule has 0 aliphatic heterocycles. The summed E-state index contributed by atoms with van der Waals surface area (Å²) in [4.78, 5) is 22.3. The van der Waals surface area contributed by atoms with Crippen LogP contribution < -0.4 is 10.1 Å². The Morgan fingerprint density at radius 1 is 1.29 bits per heavy atom. The summed E-state index contributed by atoms with van der Waals surface area (Å²) in [7, 11) is 1.51. The fourth-order valence-electron chi connectivity index (χ4n) is 1.96. The van der Waals surface area contributed by atoms with Crippen molar-refractivity contribution >= 4 is 18.1 Å². The minimum absolute atomic E-state index is 0.0764. The van der Waals surface area contributed by atoms with Crippen LogP contribution in [0.1, 0.15) is 38.3 Å². The summed E-state index contributed by atoms with van der Waals surface area (Å²) in [5.41, 5.74) is 1.03. The highest BCUT2D eigenvalue weighted by atomic mass is 16.6. The highest BCUT2D eigenvalue weighted by Gasteiger charge is 2.15. The number of rotatable bonds is 7. The molecule has 1 aromatic carbocycles. The summed E-state index contributed by atoms with van der Waals surface area (Å²) < 4.78 is 10.4. The maximum Gasteiger partial charge on any atom is 0.407 e. The van der Waals surface area contributed by atoms with Crippen molar-refractivity contribution in [3.05, 3.63) is 35.4 Å². The van der Waals surface area contributed by atoms with Crippen molar-refractivity contribution in [2.75, 3.05) is 13.7 Å². The number of amides is 1. The number of alkyl carbamates (subject to hydrolysis) is 1. The number of carbonyl (C=O) groups is 2. The monoisotopic (exact) mass is 335 g/mol. The third-order valence-electron chi connectivity index (χ3n) is 2.94. The summed E-state index contributed by atoms with van der Waals surface area (Å²) >= 11 is 0. The molecule has 0 heterocycles. The van der Waals surface area contributed by atoms with Crippen molar-refractivity contribution in [3.8, 4) is 5.75 Å². The average Bonchev–Trinajstić information content (AvgIpc) is 2.45. The van der Waals surface area contributed by atoms with Crippen LogP contribution in [-0.4, -0.2) is 36.4 Å². The lowest BCUT2D eigenvalue weighted by molar-refractivity contribution is -0.136. The van der Waals surface area contributed by atoms with Gasteiger partial charge in [-0.15, -0.1) is 0 Å². The van der Waals surface area contributed by atoms with Crippen LogP contribution in [-0.2, 0) is 16.0 Å². The van der Waals surface area contributed by atoms with Gasteiger partial charge in [0.25, 0.3) is 0 Å². The molecule has 0 atom stereocenters. The number of benzene rings is 1. The molecule has 0 radical (unpaired) electrons. The molecule has 0 fully saturated rings. The van der Waals surface area contributed by atoms with Crippen molar-refractivity contribution < 1.29 is 24.2 Å². The number of ether oxygens (including phenoxy) is 2. The molecule has 0 unspecified atom stereocenters. The molecule has 1 rings (SSSR count). The Morgan fingerprint density at radius 2 is 2.00 bits per heavy atom. The number of carboxylic acid groups (broad SMARTS) is 1. The van der Waals surface area contributed by atoms with Crippen LogP contribution >= 0.6 is 0 Å². The van der Waals surface area contributed by atoms with Gasteiger partial charge in [-0.2, -0.15) is 0 Å². The Morgan fingerprint density at radius 3 is 2.58 bits per heavy atom. The lowest BCUT2D eigenvalue weighted by Crippen LogP contribution is -2.32. The number of aliphatic carboxylic acids is 1. The predicted molar refractivity (Wildman–Crippen MR) is 92.2 cm³/mol. The van der Waals surface area contributed by atoms with E-state index in [9.17, 15) is 9.59 Å². The van der Waals surface area contributed by atoms with E-state index in [1.807, 2.05) is 39.0 Å². The highest BCUT2D eigenvalue weighted by molar-refractivity contribution is 5.72. The van der Waals surface area contributed by atoms with Crippen LogP contribution in [0.4, 0.5) is 4.79 Å². The molecule has 24 heavy (non-hydrogen) atoms. The second kappa shape index (κ2) is 8.96. The van der Waals surface area contributed by atoms with Gasteiger partial charge in [-0.25, -0.2) is 4.79 Å². The molecule has 0 spiro atoms. The molecule has 0 aliphatic carbocycles. The topological polar surface area (TPSA) is 84.9 Å². The summed E-state index contributed by atoms with van der Waals surface area (Å²) in [6, 6.07) is 5.36. The second-order valence-electron chi connectivity index (χ2n) is 6.26. The Kier molecular flexibility index (Phi) is 7.30. The van der Waals surface area contributed by atoms with E-state index in [1.165, 1.54) is 7.11 Å². The van der Waals surface area contributed by atoms with E-state index in [0.717, 1.165) is 5.56 Å². The third-order valence-corrected chi connectivity index (χ3v) is 2.94. The van der Waals surface area contributed by atoms with Crippen LogP contribution in [0.15, 0.2) is 24.3 Å². The quantitative estimate of drug-likeness (QED) is 0.747. The molecule has 0 aliphatic rings. The van der Waals surface area contributed by atoms with Crippen LogP contribution in [0.5, 0.6) is 5.75 Å². The van der Waals surface area contributed by atoms with Crippen molar-refractivity contribution in [2.24, 2.45) is 0 Å². The molecule has 0 bridgehead atoms. The first-order valence-corrected chi connectivity index (χ1v) is 7.73. The van der Waals surface area contributed by atoms with Crippen molar-refractivity contribution in [2.45, 2.75) is 39.2 Å². The Bertz CT molecular complexity index is 602. The van der Waals surface area contributed by atoms with Gasteiger partial charge in [-0.3, -0.25) is 4.79 Å². The zero-order chi connectivity index (χ0) is 18.2. The number of hydrogen-bond donors (Lipinski definition) is 2. The third kappa shape index (κ3) is 7.67. The standard InChI is InChI=1S/C18H25NO5/c1-18(2,3)24-17(22)19-10-6-5-7-13-8-9-14(12-16(20)21)15(11-13)23-4/h5,7-9,11H,6,10,12H2,1-4H3,(H,19,22)(H,20,21). The zero-order valence-electron chi connectivity index (χ0n) is 14.6. The summed E-state index contributed by atoms with van der Waals surface area (Å²) in [5, 5.41) is 11.5. The lowest BCUT2D eigenvalue weighted by atomic mass is 10.1. The molecule has 6 nitrogen and oxygen atoms in total. The minimum Gasteiger partial charge on any atom is -0.496 e. The summed E-state index contributed by atoms with van der Waals surface area (Å²) in [6.07, 6.45) is 3.95. The number of nitrogens with one attached hydrogen (secondary N) is 1. The van der Waals surface area contributed by atoms with Crippen LogP contribution in [0.25, 0.3) is 6.08 Å². The van der Waals surface area contributed by atoms with Gasteiger partial charge in [0.05, 0.1) is 13.5 Å². The fraction of sp³-hybridized carbons (Fsp3) is 0.444. The number of methoxy groups -OCH3 is 1. The first kappa shape index (κ1) is 19.5. The van der Waals surface area contributed by atoms with Crippen LogP contribution in [0.2, 0.25) is 0 Å². The SMILES string of the molecule is COc1cc(C=CCCNC(=O)OC(C)(C)C)ccc1CC(=O)O. The first-order valence-electron chi connectivity index (χ1n) is 7.73. The Labute approximate surface area is 142 Å². The molecule has 0 saturated heterocycles. The first-order chi connectivity index (χ1) is 11.2. The van der Waals surface area contributed by atoms with E-state index in [0.29, 0.717) is 24.3 Å². The van der Waals surface area contributed by atoms with Gasteiger partial charge in [0, 0.05) is 12.1 Å². The van der Waals surface area contributed by atoms with Gasteiger partial charge < -0.3 is 19.9 Å². The van der Waals surface area contributed by atoms with Crippen LogP contribution in [0.3, 0.4) is 0 Å². The molecule has 0 saturated carbocycles. The maximum atomic E-state index is 11.5. The zero-order valence-corrected chi connectivity index (χ0v) is 14.6. The molecular formula is C18H25NO5. The summed E-state index contributed by atoms with van der Waals surface area (Å²) in [5.74, 6) is -0.351.